The number of fused-ring (bicyclic) bond motifs is 1. The van der Waals surface area contributed by atoms with Crippen LogP contribution in [0.15, 0.2) is 53.7 Å². The minimum absolute atomic E-state index is 0.0861. The topological polar surface area (TPSA) is 58.2 Å². The Bertz CT molecular complexity index is 910. The van der Waals surface area contributed by atoms with E-state index in [4.69, 9.17) is 16.3 Å². The van der Waals surface area contributed by atoms with Crippen LogP contribution in [0.3, 0.4) is 0 Å². The fourth-order valence-electron chi connectivity index (χ4n) is 2.96. The van der Waals surface area contributed by atoms with E-state index < -0.39 is 0 Å². The second kappa shape index (κ2) is 7.70. The summed E-state index contributed by atoms with van der Waals surface area (Å²) in [7, 11) is 0. The zero-order valence-corrected chi connectivity index (χ0v) is 15.6. The highest BCUT2D eigenvalue weighted by Crippen LogP contribution is 2.36. The van der Waals surface area contributed by atoms with Gasteiger partial charge in [-0.3, -0.25) is 4.79 Å². The van der Waals surface area contributed by atoms with Crippen LogP contribution >= 0.6 is 23.4 Å². The number of benzene rings is 2. The summed E-state index contributed by atoms with van der Waals surface area (Å²) in [6.45, 7) is 2.42. The molecule has 7 heteroatoms. The van der Waals surface area contributed by atoms with E-state index in [1.54, 1.807) is 0 Å². The third-order valence-electron chi connectivity index (χ3n) is 4.30. The molecule has 0 aliphatic carbocycles. The van der Waals surface area contributed by atoms with Gasteiger partial charge in [-0.25, -0.2) is 4.98 Å². The van der Waals surface area contributed by atoms with E-state index in [2.05, 4.69) is 9.97 Å². The number of aromatic amines is 1. The van der Waals surface area contributed by atoms with Crippen molar-refractivity contribution in [2.45, 2.75) is 10.4 Å². The molecule has 2 aromatic carbocycles. The number of carbonyl (C=O) groups is 1. The van der Waals surface area contributed by atoms with E-state index in [-0.39, 0.29) is 11.2 Å². The fraction of sp³-hybridized carbons (Fsp3) is 0.263. The van der Waals surface area contributed by atoms with Crippen molar-refractivity contribution in [2.24, 2.45) is 0 Å². The molecule has 1 N–H and O–H groups in total. The maximum atomic E-state index is 13.2. The van der Waals surface area contributed by atoms with E-state index >= 15 is 0 Å². The predicted octanol–water partition coefficient (Wildman–Crippen LogP) is 3.91. The minimum atomic E-state index is -0.356. The van der Waals surface area contributed by atoms with Crippen molar-refractivity contribution in [3.05, 3.63) is 59.1 Å². The van der Waals surface area contributed by atoms with Gasteiger partial charge in [0.15, 0.2) is 5.16 Å². The molecule has 0 radical (unpaired) electrons. The highest BCUT2D eigenvalue weighted by molar-refractivity contribution is 8.00. The van der Waals surface area contributed by atoms with Gasteiger partial charge >= 0.3 is 0 Å². The number of amides is 1. The molecule has 0 saturated carbocycles. The van der Waals surface area contributed by atoms with Gasteiger partial charge in [-0.05, 0) is 23.8 Å². The maximum Gasteiger partial charge on any atom is 0.240 e. The molecule has 1 aliphatic rings. The van der Waals surface area contributed by atoms with Crippen LogP contribution in [0.1, 0.15) is 10.8 Å². The number of nitrogens with zero attached hydrogens (tertiary/aromatic N) is 2. The second-order valence-electron chi connectivity index (χ2n) is 6.05. The number of imidazole rings is 1. The predicted molar refractivity (Wildman–Crippen MR) is 104 cm³/mol. The monoisotopic (exact) mass is 387 g/mol. The van der Waals surface area contributed by atoms with Crippen LogP contribution in [-0.4, -0.2) is 47.1 Å². The first kappa shape index (κ1) is 17.4. The van der Waals surface area contributed by atoms with E-state index in [9.17, 15) is 4.79 Å². The molecule has 26 heavy (non-hydrogen) atoms. The Hall–Kier alpha value is -2.02. The lowest BCUT2D eigenvalue weighted by Crippen LogP contribution is -2.42. The Morgan fingerprint density at radius 3 is 2.73 bits per heavy atom. The Labute approximate surface area is 160 Å². The molecule has 1 saturated heterocycles. The van der Waals surface area contributed by atoms with Crippen LogP contribution in [0.5, 0.6) is 0 Å². The van der Waals surface area contributed by atoms with Gasteiger partial charge in [0.2, 0.25) is 5.91 Å². The average Bonchev–Trinajstić information content (AvgIpc) is 3.08. The zero-order valence-electron chi connectivity index (χ0n) is 14.0. The first-order valence-electron chi connectivity index (χ1n) is 8.44. The van der Waals surface area contributed by atoms with E-state index in [0.29, 0.717) is 36.5 Å². The summed E-state index contributed by atoms with van der Waals surface area (Å²) in [4.78, 5) is 22.9. The summed E-state index contributed by atoms with van der Waals surface area (Å²) >= 11 is 7.49. The van der Waals surface area contributed by atoms with Crippen molar-refractivity contribution in [1.29, 1.82) is 0 Å². The molecule has 0 unspecified atom stereocenters. The molecule has 4 rings (SSSR count). The average molecular weight is 388 g/mol. The van der Waals surface area contributed by atoms with Crippen molar-refractivity contribution < 1.29 is 9.53 Å². The summed E-state index contributed by atoms with van der Waals surface area (Å²) in [5.74, 6) is 0.0861. The third kappa shape index (κ3) is 3.72. The van der Waals surface area contributed by atoms with E-state index in [0.717, 1.165) is 16.6 Å². The van der Waals surface area contributed by atoms with Gasteiger partial charge in [-0.2, -0.15) is 0 Å². The smallest absolute Gasteiger partial charge is 0.240 e. The van der Waals surface area contributed by atoms with Gasteiger partial charge < -0.3 is 14.6 Å². The Morgan fingerprint density at radius 2 is 1.96 bits per heavy atom. The number of carbonyl (C=O) groups excluding carboxylic acids is 1. The number of halogens is 1. The number of hydrogen-bond donors (Lipinski definition) is 1. The molecule has 1 aliphatic heterocycles. The number of ether oxygens (including phenoxy) is 1. The van der Waals surface area contributed by atoms with Crippen molar-refractivity contribution >= 4 is 40.3 Å². The summed E-state index contributed by atoms with van der Waals surface area (Å²) in [6, 6.07) is 15.3. The second-order valence-corrected chi connectivity index (χ2v) is 7.58. The van der Waals surface area contributed by atoms with Gasteiger partial charge in [0.05, 0.1) is 24.2 Å². The Balaban J connectivity index is 1.64. The van der Waals surface area contributed by atoms with Gasteiger partial charge in [0, 0.05) is 18.1 Å². The molecule has 0 bridgehead atoms. The molecule has 5 nitrogen and oxygen atoms in total. The summed E-state index contributed by atoms with van der Waals surface area (Å²) < 4.78 is 5.37. The van der Waals surface area contributed by atoms with Crippen molar-refractivity contribution in [3.8, 4) is 0 Å². The normalized spacial score (nSPS) is 16.0. The quantitative estimate of drug-likeness (QED) is 0.689. The molecule has 1 atom stereocenters. The standard InChI is InChI=1S/C19H18ClN3O2S/c20-14-6-7-15-16(12-14)22-19(21-15)26-17(13-4-2-1-3-5-13)18(24)23-8-10-25-11-9-23/h1-7,12,17H,8-11H2,(H,21,22)/t17-/m1/s1. The molecule has 3 aromatic rings. The molecule has 1 aromatic heterocycles. The first-order valence-corrected chi connectivity index (χ1v) is 9.70. The third-order valence-corrected chi connectivity index (χ3v) is 5.66. The lowest BCUT2D eigenvalue weighted by molar-refractivity contribution is -0.134. The molecular weight excluding hydrogens is 370 g/mol. The van der Waals surface area contributed by atoms with Crippen LogP contribution in [0.2, 0.25) is 5.02 Å². The van der Waals surface area contributed by atoms with Gasteiger partial charge in [-0.15, -0.1) is 0 Å². The van der Waals surface area contributed by atoms with Gasteiger partial charge in [0.1, 0.15) is 5.25 Å². The number of nitrogens with one attached hydrogen (secondary N) is 1. The number of aromatic nitrogens is 2. The number of rotatable bonds is 4. The minimum Gasteiger partial charge on any atom is -0.378 e. The van der Waals surface area contributed by atoms with Crippen LogP contribution in [0, 0.1) is 0 Å². The Kier molecular flexibility index (Phi) is 5.15. The largest absolute Gasteiger partial charge is 0.378 e. The molecule has 0 spiro atoms. The lowest BCUT2D eigenvalue weighted by Gasteiger charge is -2.30. The first-order chi connectivity index (χ1) is 12.7. The molecule has 2 heterocycles. The SMILES string of the molecule is O=C([C@H](Sc1nc2ccc(Cl)cc2[nH]1)c1ccccc1)N1CCOCC1. The fourth-order valence-corrected chi connectivity index (χ4v) is 4.22. The van der Waals surface area contributed by atoms with Crippen LogP contribution < -0.4 is 0 Å². The van der Waals surface area contributed by atoms with Gasteiger partial charge in [-0.1, -0.05) is 53.7 Å². The summed E-state index contributed by atoms with van der Waals surface area (Å²) in [5, 5.41) is 1.00. The Morgan fingerprint density at radius 1 is 1.19 bits per heavy atom. The maximum absolute atomic E-state index is 13.2. The van der Waals surface area contributed by atoms with Crippen molar-refractivity contribution in [3.63, 3.8) is 0 Å². The number of H-pyrrole nitrogens is 1. The number of thioether (sulfide) groups is 1. The van der Waals surface area contributed by atoms with Crippen LogP contribution in [0.25, 0.3) is 11.0 Å². The number of hydrogen-bond acceptors (Lipinski definition) is 4. The van der Waals surface area contributed by atoms with Gasteiger partial charge in [0.25, 0.3) is 0 Å². The van der Waals surface area contributed by atoms with Crippen molar-refractivity contribution in [2.75, 3.05) is 26.3 Å². The van der Waals surface area contributed by atoms with Crippen LogP contribution in [-0.2, 0) is 9.53 Å². The molecule has 134 valence electrons. The molecular formula is C19H18ClN3O2S. The summed E-state index contributed by atoms with van der Waals surface area (Å²) in [5.41, 5.74) is 2.67. The number of morpholine rings is 1. The van der Waals surface area contributed by atoms with E-state index in [1.165, 1.54) is 11.8 Å². The zero-order chi connectivity index (χ0) is 17.9. The molecule has 1 amide bonds. The highest BCUT2D eigenvalue weighted by atomic mass is 35.5. The van der Waals surface area contributed by atoms with E-state index in [1.807, 2.05) is 53.4 Å². The molecule has 1 fully saturated rings. The summed E-state index contributed by atoms with van der Waals surface area (Å²) in [6.07, 6.45) is 0. The lowest BCUT2D eigenvalue weighted by atomic mass is 10.1. The highest BCUT2D eigenvalue weighted by Gasteiger charge is 2.29. The van der Waals surface area contributed by atoms with Crippen molar-refractivity contribution in [1.82, 2.24) is 14.9 Å². The van der Waals surface area contributed by atoms with Crippen LogP contribution in [0.4, 0.5) is 0 Å².